The fraction of sp³-hybridized carbons (Fsp3) is 0.381. The maximum Gasteiger partial charge on any atom is 0.283 e. The predicted molar refractivity (Wildman–Crippen MR) is 105 cm³/mol. The number of hydrogen-bond acceptors (Lipinski definition) is 6. The van der Waals surface area contributed by atoms with E-state index in [1.54, 1.807) is 18.4 Å². The molecule has 2 heterocycles. The molecule has 0 aliphatic rings. The first-order chi connectivity index (χ1) is 13.7. The van der Waals surface area contributed by atoms with E-state index in [0.29, 0.717) is 37.2 Å². The lowest BCUT2D eigenvalue weighted by molar-refractivity contribution is -0.122. The molecule has 0 fully saturated rings. The molecular formula is C21H26N4O3. The Morgan fingerprint density at radius 1 is 1.18 bits per heavy atom. The zero-order valence-corrected chi connectivity index (χ0v) is 16.4. The van der Waals surface area contributed by atoms with Gasteiger partial charge in [-0.3, -0.25) is 9.69 Å². The van der Waals surface area contributed by atoms with Gasteiger partial charge < -0.3 is 14.2 Å². The van der Waals surface area contributed by atoms with Crippen LogP contribution < -0.4 is 5.32 Å². The van der Waals surface area contributed by atoms with Crippen LogP contribution in [0, 0.1) is 6.92 Å². The second kappa shape index (κ2) is 9.85. The first-order valence-electron chi connectivity index (χ1n) is 9.55. The molecule has 0 spiro atoms. The number of amides is 1. The second-order valence-electron chi connectivity index (χ2n) is 6.72. The largest absolute Gasteiger partial charge is 0.459 e. The number of carbonyl (C=O) groups excluding carboxylic acids is 1. The van der Waals surface area contributed by atoms with Crippen LogP contribution in [-0.4, -0.2) is 40.6 Å². The molecule has 0 aliphatic carbocycles. The first kappa shape index (κ1) is 19.8. The van der Waals surface area contributed by atoms with Gasteiger partial charge in [-0.15, -0.1) is 10.2 Å². The highest BCUT2D eigenvalue weighted by Gasteiger charge is 2.16. The highest BCUT2D eigenvalue weighted by molar-refractivity contribution is 5.78. The first-order valence-corrected chi connectivity index (χ1v) is 9.55. The third kappa shape index (κ3) is 5.53. The summed E-state index contributed by atoms with van der Waals surface area (Å²) in [6.45, 7) is 6.26. The molecule has 28 heavy (non-hydrogen) atoms. The van der Waals surface area contributed by atoms with E-state index < -0.39 is 0 Å². The summed E-state index contributed by atoms with van der Waals surface area (Å²) in [5.74, 6) is 1.34. The number of nitrogens with one attached hydrogen (secondary N) is 1. The number of hydrogen-bond donors (Lipinski definition) is 1. The molecular weight excluding hydrogens is 356 g/mol. The minimum absolute atomic E-state index is 0.00666. The number of carbonyl (C=O) groups is 1. The van der Waals surface area contributed by atoms with Gasteiger partial charge in [0.25, 0.3) is 5.89 Å². The molecule has 0 radical (unpaired) electrons. The molecule has 0 aliphatic heterocycles. The summed E-state index contributed by atoms with van der Waals surface area (Å²) in [6.07, 6.45) is 3.31. The average molecular weight is 382 g/mol. The zero-order chi connectivity index (χ0) is 19.8. The molecule has 7 heteroatoms. The van der Waals surface area contributed by atoms with Gasteiger partial charge in [-0.25, -0.2) is 0 Å². The summed E-state index contributed by atoms with van der Waals surface area (Å²) in [4.78, 5) is 14.4. The second-order valence-corrected chi connectivity index (χ2v) is 6.72. The van der Waals surface area contributed by atoms with Crippen molar-refractivity contribution < 1.29 is 13.6 Å². The van der Waals surface area contributed by atoms with E-state index in [0.717, 1.165) is 19.4 Å². The molecule has 0 atom stereocenters. The number of nitrogens with zero attached hydrogens (tertiary/aromatic N) is 3. The van der Waals surface area contributed by atoms with Crippen LogP contribution >= 0.6 is 0 Å². The highest BCUT2D eigenvalue weighted by Crippen LogP contribution is 2.18. The average Bonchev–Trinajstić information content (AvgIpc) is 3.35. The van der Waals surface area contributed by atoms with Crippen molar-refractivity contribution in [2.75, 3.05) is 19.6 Å². The monoisotopic (exact) mass is 382 g/mol. The Balaban J connectivity index is 1.49. The molecule has 1 N–H and O–H groups in total. The van der Waals surface area contributed by atoms with Crippen LogP contribution in [0.25, 0.3) is 11.7 Å². The molecule has 7 nitrogen and oxygen atoms in total. The van der Waals surface area contributed by atoms with Gasteiger partial charge in [0.2, 0.25) is 11.8 Å². The zero-order valence-electron chi connectivity index (χ0n) is 16.4. The topological polar surface area (TPSA) is 84.4 Å². The molecule has 0 saturated heterocycles. The SMILES string of the molecule is CCCN(CC(=O)NCCc1ccccc1C)Cc1nnc(-c2ccco2)o1. The van der Waals surface area contributed by atoms with E-state index >= 15 is 0 Å². The van der Waals surface area contributed by atoms with Crippen LogP contribution in [0.1, 0.15) is 30.4 Å². The summed E-state index contributed by atoms with van der Waals surface area (Å²) >= 11 is 0. The Kier molecular flexibility index (Phi) is 6.97. The summed E-state index contributed by atoms with van der Waals surface area (Å²) < 4.78 is 10.9. The molecule has 0 unspecified atom stereocenters. The lowest BCUT2D eigenvalue weighted by Crippen LogP contribution is -2.38. The Morgan fingerprint density at radius 2 is 2.04 bits per heavy atom. The van der Waals surface area contributed by atoms with Gasteiger partial charge in [-0.05, 0) is 49.6 Å². The van der Waals surface area contributed by atoms with E-state index in [4.69, 9.17) is 8.83 Å². The van der Waals surface area contributed by atoms with Gasteiger partial charge in [0, 0.05) is 6.54 Å². The van der Waals surface area contributed by atoms with E-state index in [9.17, 15) is 4.79 Å². The third-order valence-corrected chi connectivity index (χ3v) is 4.44. The summed E-state index contributed by atoms with van der Waals surface area (Å²) in [7, 11) is 0. The Bertz CT molecular complexity index is 873. The van der Waals surface area contributed by atoms with Crippen molar-refractivity contribution in [3.05, 3.63) is 59.7 Å². The van der Waals surface area contributed by atoms with Gasteiger partial charge in [0.15, 0.2) is 5.76 Å². The normalized spacial score (nSPS) is 11.1. The number of furan rings is 1. The van der Waals surface area contributed by atoms with Crippen LogP contribution in [0.4, 0.5) is 0 Å². The minimum Gasteiger partial charge on any atom is -0.459 e. The van der Waals surface area contributed by atoms with Crippen molar-refractivity contribution in [1.82, 2.24) is 20.4 Å². The number of aryl methyl sites for hydroxylation is 1. The van der Waals surface area contributed by atoms with Gasteiger partial charge >= 0.3 is 0 Å². The Morgan fingerprint density at radius 3 is 2.79 bits per heavy atom. The number of aromatic nitrogens is 2. The molecule has 1 aromatic carbocycles. The van der Waals surface area contributed by atoms with E-state index in [1.807, 2.05) is 17.0 Å². The van der Waals surface area contributed by atoms with Crippen molar-refractivity contribution in [3.63, 3.8) is 0 Å². The van der Waals surface area contributed by atoms with Crippen molar-refractivity contribution >= 4 is 5.91 Å². The van der Waals surface area contributed by atoms with Crippen LogP contribution in [0.15, 0.2) is 51.5 Å². The van der Waals surface area contributed by atoms with Crippen LogP contribution in [0.2, 0.25) is 0 Å². The molecule has 0 saturated carbocycles. The minimum atomic E-state index is -0.00666. The Labute approximate surface area is 164 Å². The van der Waals surface area contributed by atoms with Gasteiger partial charge in [-0.1, -0.05) is 31.2 Å². The van der Waals surface area contributed by atoms with Gasteiger partial charge in [0.1, 0.15) is 0 Å². The predicted octanol–water partition coefficient (Wildman–Crippen LogP) is 3.21. The summed E-state index contributed by atoms with van der Waals surface area (Å²) in [5.41, 5.74) is 2.50. The molecule has 148 valence electrons. The summed E-state index contributed by atoms with van der Waals surface area (Å²) in [5, 5.41) is 11.1. The van der Waals surface area contributed by atoms with Crippen molar-refractivity contribution in [3.8, 4) is 11.7 Å². The molecule has 2 aromatic heterocycles. The van der Waals surface area contributed by atoms with Crippen LogP contribution in [-0.2, 0) is 17.8 Å². The summed E-state index contributed by atoms with van der Waals surface area (Å²) in [6, 6.07) is 11.8. The fourth-order valence-electron chi connectivity index (χ4n) is 3.03. The Hall–Kier alpha value is -2.93. The van der Waals surface area contributed by atoms with Crippen molar-refractivity contribution in [2.24, 2.45) is 0 Å². The number of benzene rings is 1. The van der Waals surface area contributed by atoms with Crippen molar-refractivity contribution in [2.45, 2.75) is 33.2 Å². The fourth-order valence-corrected chi connectivity index (χ4v) is 3.03. The van der Waals surface area contributed by atoms with E-state index in [-0.39, 0.29) is 5.91 Å². The van der Waals surface area contributed by atoms with E-state index in [2.05, 4.69) is 41.5 Å². The smallest absolute Gasteiger partial charge is 0.283 e. The van der Waals surface area contributed by atoms with Gasteiger partial charge in [0.05, 0.1) is 19.4 Å². The molecule has 3 aromatic rings. The van der Waals surface area contributed by atoms with Crippen LogP contribution in [0.3, 0.4) is 0 Å². The maximum absolute atomic E-state index is 12.4. The number of rotatable bonds is 10. The van der Waals surface area contributed by atoms with E-state index in [1.165, 1.54) is 11.1 Å². The van der Waals surface area contributed by atoms with Crippen molar-refractivity contribution in [1.29, 1.82) is 0 Å². The quantitative estimate of drug-likeness (QED) is 0.580. The standard InChI is InChI=1S/C21H26N4O3/c1-3-12-25(15-20-23-24-21(28-20)18-9-6-13-27-18)14-19(26)22-11-10-17-8-5-4-7-16(17)2/h4-9,13H,3,10-12,14-15H2,1-2H3,(H,22,26). The third-order valence-electron chi connectivity index (χ3n) is 4.44. The van der Waals surface area contributed by atoms with Gasteiger partial charge in [-0.2, -0.15) is 0 Å². The lowest BCUT2D eigenvalue weighted by atomic mass is 10.1. The highest BCUT2D eigenvalue weighted by atomic mass is 16.4. The maximum atomic E-state index is 12.4. The molecule has 3 rings (SSSR count). The lowest BCUT2D eigenvalue weighted by Gasteiger charge is -2.19. The molecule has 0 bridgehead atoms. The van der Waals surface area contributed by atoms with Crippen LogP contribution in [0.5, 0.6) is 0 Å². The molecule has 1 amide bonds.